The third-order valence-electron chi connectivity index (χ3n) is 3.89. The number of aliphatic hydroxyl groups is 1. The minimum absolute atomic E-state index is 0.174. The van der Waals surface area contributed by atoms with Crippen LogP contribution in [0.2, 0.25) is 0 Å². The molecule has 0 fully saturated rings. The molecule has 2 heteroatoms. The van der Waals surface area contributed by atoms with Gasteiger partial charge in [0, 0.05) is 18.3 Å². The largest absolute Gasteiger partial charge is 0.395 e. The summed E-state index contributed by atoms with van der Waals surface area (Å²) in [5.74, 6) is 0.511. The molecule has 0 aliphatic heterocycles. The average Bonchev–Trinajstić information content (AvgIpc) is 2.52. The number of rotatable bonds is 7. The summed E-state index contributed by atoms with van der Waals surface area (Å²) in [5.41, 5.74) is 2.52. The number of aliphatic hydroxyl groups excluding tert-OH is 1. The smallest absolute Gasteiger partial charge is 0.0606 e. The number of hydrogen-bond donors (Lipinski definition) is 1. The van der Waals surface area contributed by atoms with E-state index in [1.807, 2.05) is 6.07 Å². The van der Waals surface area contributed by atoms with Crippen LogP contribution < -0.4 is 4.90 Å². The summed E-state index contributed by atoms with van der Waals surface area (Å²) in [4.78, 5) is 2.33. The maximum atomic E-state index is 9.45. The molecule has 0 saturated heterocycles. The topological polar surface area (TPSA) is 23.5 Å². The quantitative estimate of drug-likeness (QED) is 0.836. The molecule has 0 saturated carbocycles. The van der Waals surface area contributed by atoms with Crippen LogP contribution in [0.1, 0.15) is 19.4 Å². The first-order chi connectivity index (χ1) is 10.2. The summed E-state index contributed by atoms with van der Waals surface area (Å²) in [6.45, 7) is 5.34. The van der Waals surface area contributed by atoms with Crippen molar-refractivity contribution in [3.63, 3.8) is 0 Å². The Morgan fingerprint density at radius 1 is 0.905 bits per heavy atom. The van der Waals surface area contributed by atoms with Gasteiger partial charge in [-0.1, -0.05) is 62.4 Å². The Labute approximate surface area is 128 Å². The van der Waals surface area contributed by atoms with Crippen LogP contribution in [0.5, 0.6) is 0 Å². The Kier molecular flexibility index (Phi) is 5.82. The van der Waals surface area contributed by atoms with Gasteiger partial charge in [0.25, 0.3) is 0 Å². The van der Waals surface area contributed by atoms with Gasteiger partial charge in [-0.2, -0.15) is 0 Å². The SMILES string of the molecule is CC(C)C(Cc1ccccc1)N(CCO)c1ccccc1. The van der Waals surface area contributed by atoms with Gasteiger partial charge in [0.1, 0.15) is 0 Å². The van der Waals surface area contributed by atoms with Crippen LogP contribution in [0.25, 0.3) is 0 Å². The van der Waals surface area contributed by atoms with Crippen LogP contribution in [-0.2, 0) is 6.42 Å². The zero-order valence-electron chi connectivity index (χ0n) is 12.9. The van der Waals surface area contributed by atoms with Gasteiger partial charge in [0.2, 0.25) is 0 Å². The van der Waals surface area contributed by atoms with E-state index in [2.05, 4.69) is 73.3 Å². The summed E-state index contributed by atoms with van der Waals surface area (Å²) in [6, 6.07) is 21.3. The average molecular weight is 283 g/mol. The predicted octanol–water partition coefficient (Wildman–Crippen LogP) is 3.75. The van der Waals surface area contributed by atoms with Gasteiger partial charge in [-0.05, 0) is 30.0 Å². The van der Waals surface area contributed by atoms with Gasteiger partial charge in [0.15, 0.2) is 0 Å². The van der Waals surface area contributed by atoms with Gasteiger partial charge in [-0.3, -0.25) is 0 Å². The van der Waals surface area contributed by atoms with E-state index in [0.29, 0.717) is 18.5 Å². The number of para-hydroxylation sites is 1. The Hall–Kier alpha value is -1.80. The highest BCUT2D eigenvalue weighted by molar-refractivity contribution is 5.47. The summed E-state index contributed by atoms with van der Waals surface area (Å²) < 4.78 is 0. The van der Waals surface area contributed by atoms with E-state index in [1.54, 1.807) is 0 Å². The first-order valence-corrected chi connectivity index (χ1v) is 7.69. The van der Waals surface area contributed by atoms with Crippen LogP contribution in [0.15, 0.2) is 60.7 Å². The van der Waals surface area contributed by atoms with Gasteiger partial charge in [0.05, 0.1) is 6.61 Å². The van der Waals surface area contributed by atoms with Crippen LogP contribution >= 0.6 is 0 Å². The summed E-state index contributed by atoms with van der Waals surface area (Å²) in [7, 11) is 0. The standard InChI is InChI=1S/C19H25NO/c1-16(2)19(15-17-9-5-3-6-10-17)20(13-14-21)18-11-7-4-8-12-18/h3-12,16,19,21H,13-15H2,1-2H3. The highest BCUT2D eigenvalue weighted by atomic mass is 16.3. The molecule has 0 spiro atoms. The Bertz CT molecular complexity index is 510. The van der Waals surface area contributed by atoms with Crippen molar-refractivity contribution in [2.24, 2.45) is 5.92 Å². The fourth-order valence-electron chi connectivity index (χ4n) is 2.77. The molecule has 0 aliphatic rings. The van der Waals surface area contributed by atoms with Crippen molar-refractivity contribution in [1.82, 2.24) is 0 Å². The van der Waals surface area contributed by atoms with Gasteiger partial charge >= 0.3 is 0 Å². The first-order valence-electron chi connectivity index (χ1n) is 7.69. The van der Waals surface area contributed by atoms with Crippen LogP contribution in [0.3, 0.4) is 0 Å². The van der Waals surface area contributed by atoms with Crippen LogP contribution in [-0.4, -0.2) is 24.3 Å². The molecule has 112 valence electrons. The fourth-order valence-corrected chi connectivity index (χ4v) is 2.77. The van der Waals surface area contributed by atoms with Crippen LogP contribution in [0.4, 0.5) is 5.69 Å². The molecule has 2 aromatic carbocycles. The monoisotopic (exact) mass is 283 g/mol. The lowest BCUT2D eigenvalue weighted by Gasteiger charge is -2.36. The number of anilines is 1. The fraction of sp³-hybridized carbons (Fsp3) is 0.368. The molecule has 21 heavy (non-hydrogen) atoms. The molecule has 0 amide bonds. The number of nitrogens with zero attached hydrogens (tertiary/aromatic N) is 1. The van der Waals surface area contributed by atoms with Gasteiger partial charge in [-0.15, -0.1) is 0 Å². The molecular formula is C19H25NO. The first kappa shape index (κ1) is 15.6. The molecule has 1 unspecified atom stereocenters. The van der Waals surface area contributed by atoms with Crippen molar-refractivity contribution < 1.29 is 5.11 Å². The van der Waals surface area contributed by atoms with Crippen LogP contribution in [0, 0.1) is 5.92 Å². The third kappa shape index (κ3) is 4.33. The van der Waals surface area contributed by atoms with Crippen molar-refractivity contribution in [2.75, 3.05) is 18.1 Å². The molecule has 2 nitrogen and oxygen atoms in total. The van der Waals surface area contributed by atoms with E-state index >= 15 is 0 Å². The predicted molar refractivity (Wildman–Crippen MR) is 89.6 cm³/mol. The Morgan fingerprint density at radius 3 is 2.00 bits per heavy atom. The molecule has 2 aromatic rings. The lowest BCUT2D eigenvalue weighted by atomic mass is 9.94. The van der Waals surface area contributed by atoms with E-state index in [1.165, 1.54) is 11.3 Å². The molecular weight excluding hydrogens is 258 g/mol. The molecule has 0 aromatic heterocycles. The molecule has 0 radical (unpaired) electrons. The summed E-state index contributed by atoms with van der Waals surface area (Å²) in [5, 5.41) is 9.45. The summed E-state index contributed by atoms with van der Waals surface area (Å²) >= 11 is 0. The van der Waals surface area contributed by atoms with E-state index < -0.39 is 0 Å². The minimum atomic E-state index is 0.174. The van der Waals surface area contributed by atoms with E-state index in [4.69, 9.17) is 0 Å². The van der Waals surface area contributed by atoms with Crippen molar-refractivity contribution in [2.45, 2.75) is 26.3 Å². The third-order valence-corrected chi connectivity index (χ3v) is 3.89. The zero-order valence-corrected chi connectivity index (χ0v) is 12.9. The molecule has 2 rings (SSSR count). The maximum absolute atomic E-state index is 9.45. The molecule has 0 bridgehead atoms. The van der Waals surface area contributed by atoms with E-state index in [9.17, 15) is 5.11 Å². The lowest BCUT2D eigenvalue weighted by molar-refractivity contribution is 0.291. The second-order valence-corrected chi connectivity index (χ2v) is 5.75. The molecule has 1 atom stereocenters. The van der Waals surface area contributed by atoms with Crippen molar-refractivity contribution in [3.8, 4) is 0 Å². The number of benzene rings is 2. The molecule has 1 N–H and O–H groups in total. The van der Waals surface area contributed by atoms with E-state index in [-0.39, 0.29) is 6.61 Å². The Balaban J connectivity index is 2.25. The Morgan fingerprint density at radius 2 is 1.48 bits per heavy atom. The van der Waals surface area contributed by atoms with Crippen molar-refractivity contribution in [1.29, 1.82) is 0 Å². The van der Waals surface area contributed by atoms with Gasteiger partial charge < -0.3 is 10.0 Å². The molecule has 0 heterocycles. The van der Waals surface area contributed by atoms with E-state index in [0.717, 1.165) is 6.42 Å². The summed E-state index contributed by atoms with van der Waals surface area (Å²) in [6.07, 6.45) is 0.993. The highest BCUT2D eigenvalue weighted by Gasteiger charge is 2.22. The normalized spacial score (nSPS) is 12.4. The minimum Gasteiger partial charge on any atom is -0.395 e. The number of hydrogen-bond acceptors (Lipinski definition) is 2. The van der Waals surface area contributed by atoms with Crippen molar-refractivity contribution in [3.05, 3.63) is 66.2 Å². The highest BCUT2D eigenvalue weighted by Crippen LogP contribution is 2.23. The lowest BCUT2D eigenvalue weighted by Crippen LogP contribution is -2.42. The second-order valence-electron chi connectivity index (χ2n) is 5.75. The van der Waals surface area contributed by atoms with Crippen molar-refractivity contribution >= 4 is 5.69 Å². The second kappa shape index (κ2) is 7.84. The molecule has 0 aliphatic carbocycles. The zero-order chi connectivity index (χ0) is 15.1. The maximum Gasteiger partial charge on any atom is 0.0606 e. The van der Waals surface area contributed by atoms with Gasteiger partial charge in [-0.25, -0.2) is 0 Å².